The van der Waals surface area contributed by atoms with Gasteiger partial charge in [0, 0.05) is 19.4 Å². The van der Waals surface area contributed by atoms with Crippen molar-refractivity contribution in [1.82, 2.24) is 13.9 Å². The number of halogens is 3. The Hall–Kier alpha value is -3.38. The Morgan fingerprint density at radius 1 is 1.17 bits per heavy atom. The molecule has 0 aromatic heterocycles. The Labute approximate surface area is 205 Å². The molecular weight excluding hydrogens is 501 g/mol. The minimum Gasteiger partial charge on any atom is -0.335 e. The van der Waals surface area contributed by atoms with Crippen molar-refractivity contribution in [3.63, 3.8) is 0 Å². The fourth-order valence-corrected chi connectivity index (χ4v) is 5.55. The van der Waals surface area contributed by atoms with E-state index in [1.807, 2.05) is 30.3 Å². The van der Waals surface area contributed by atoms with Gasteiger partial charge in [-0.25, -0.2) is 8.42 Å². The first-order valence-corrected chi connectivity index (χ1v) is 12.6. The minimum absolute atomic E-state index is 0.153. The molecule has 7 nitrogen and oxygen atoms in total. The minimum atomic E-state index is -4.73. The van der Waals surface area contributed by atoms with Crippen LogP contribution < -0.4 is 9.44 Å². The predicted molar refractivity (Wildman–Crippen MR) is 129 cm³/mol. The lowest BCUT2D eigenvalue weighted by Crippen LogP contribution is -2.31. The second-order valence-corrected chi connectivity index (χ2v) is 10.3. The number of rotatable bonds is 6. The van der Waals surface area contributed by atoms with Crippen molar-refractivity contribution in [3.8, 4) is 0 Å². The standard InChI is InChI=1S/C23H21F3N4O3S2/c1-15(16-7-4-3-5-8-16)29(2)22(31)18-11-10-17(23(24,25)26)13-19(18)28-35(32,33)21-9-6-12-30-20(21)14-27-34-30/h3-15,27-28H,1-2H3/t15-/m1/s1. The summed E-state index contributed by atoms with van der Waals surface area (Å²) in [5, 5.41) is 0. The molecule has 35 heavy (non-hydrogen) atoms. The lowest BCUT2D eigenvalue weighted by Gasteiger charge is -2.27. The largest absolute Gasteiger partial charge is 0.416 e. The molecule has 4 rings (SSSR count). The average Bonchev–Trinajstić information content (AvgIpc) is 3.31. The van der Waals surface area contributed by atoms with Crippen LogP contribution in [0.4, 0.5) is 18.9 Å². The number of alkyl halides is 3. The summed E-state index contributed by atoms with van der Waals surface area (Å²) >= 11 is 1.13. The third-order valence-electron chi connectivity index (χ3n) is 5.60. The monoisotopic (exact) mass is 522 g/mol. The van der Waals surface area contributed by atoms with Gasteiger partial charge in [-0.1, -0.05) is 30.3 Å². The fraction of sp³-hybridized carbons (Fsp3) is 0.174. The van der Waals surface area contributed by atoms with Gasteiger partial charge in [0.1, 0.15) is 4.91 Å². The number of hydrogen-bond acceptors (Lipinski definition) is 6. The highest BCUT2D eigenvalue weighted by Gasteiger charge is 2.35. The Morgan fingerprint density at radius 3 is 2.57 bits per heavy atom. The molecule has 0 spiro atoms. The highest BCUT2D eigenvalue weighted by Crippen LogP contribution is 2.37. The van der Waals surface area contributed by atoms with Gasteiger partial charge in [0.15, 0.2) is 0 Å². The van der Waals surface area contributed by atoms with E-state index in [0.717, 1.165) is 29.8 Å². The van der Waals surface area contributed by atoms with Gasteiger partial charge in [-0.15, -0.1) is 0 Å². The number of amides is 1. The fourth-order valence-electron chi connectivity index (χ4n) is 3.58. The molecule has 1 atom stereocenters. The summed E-state index contributed by atoms with van der Waals surface area (Å²) < 4.78 is 73.4. The molecule has 1 amide bonds. The number of carbonyl (C=O) groups excluding carboxylic acids is 1. The molecular formula is C23H21F3N4O3S2. The van der Waals surface area contributed by atoms with Gasteiger partial charge < -0.3 is 9.62 Å². The van der Waals surface area contributed by atoms with Crippen molar-refractivity contribution in [2.24, 2.45) is 0 Å². The number of fused-ring (bicyclic) bond motifs is 1. The lowest BCUT2D eigenvalue weighted by molar-refractivity contribution is -0.137. The van der Waals surface area contributed by atoms with E-state index in [1.54, 1.807) is 17.4 Å². The summed E-state index contributed by atoms with van der Waals surface area (Å²) in [5.74, 6) is -0.635. The summed E-state index contributed by atoms with van der Waals surface area (Å²) in [6, 6.07) is 11.1. The highest BCUT2D eigenvalue weighted by atomic mass is 32.2. The quantitative estimate of drug-likeness (QED) is 0.520. The molecule has 0 fully saturated rings. The molecule has 2 aromatic rings. The number of nitrogens with zero attached hydrogens (tertiary/aromatic N) is 2. The molecule has 2 aliphatic rings. The van der Waals surface area contributed by atoms with E-state index in [2.05, 4.69) is 9.44 Å². The molecule has 0 aliphatic carbocycles. The highest BCUT2D eigenvalue weighted by molar-refractivity contribution is 7.97. The van der Waals surface area contributed by atoms with E-state index < -0.39 is 39.4 Å². The van der Waals surface area contributed by atoms with Crippen LogP contribution in [0.1, 0.15) is 34.5 Å². The lowest BCUT2D eigenvalue weighted by atomic mass is 10.0. The first-order chi connectivity index (χ1) is 16.5. The van der Waals surface area contributed by atoms with Crippen LogP contribution in [0.5, 0.6) is 0 Å². The van der Waals surface area contributed by atoms with E-state index in [0.29, 0.717) is 11.8 Å². The molecule has 12 heteroatoms. The summed E-state index contributed by atoms with van der Waals surface area (Å²) in [5.41, 5.74) is -0.627. The summed E-state index contributed by atoms with van der Waals surface area (Å²) in [7, 11) is -2.84. The summed E-state index contributed by atoms with van der Waals surface area (Å²) in [4.78, 5) is 14.5. The van der Waals surface area contributed by atoms with Crippen LogP contribution in [-0.2, 0) is 16.2 Å². The van der Waals surface area contributed by atoms with Crippen molar-refractivity contribution < 1.29 is 26.4 Å². The summed E-state index contributed by atoms with van der Waals surface area (Å²) in [6.07, 6.45) is 1.20. The number of carbonyl (C=O) groups is 1. The zero-order chi connectivity index (χ0) is 25.4. The van der Waals surface area contributed by atoms with E-state index in [1.165, 1.54) is 30.3 Å². The molecule has 0 radical (unpaired) electrons. The maximum Gasteiger partial charge on any atom is 0.416 e. The molecule has 0 unspecified atom stereocenters. The Bertz CT molecular complexity index is 1340. The van der Waals surface area contributed by atoms with Crippen molar-refractivity contribution in [2.75, 3.05) is 11.8 Å². The van der Waals surface area contributed by atoms with E-state index >= 15 is 0 Å². The van der Waals surface area contributed by atoms with Crippen molar-refractivity contribution in [1.29, 1.82) is 0 Å². The molecule has 184 valence electrons. The number of nitrogens with one attached hydrogen (secondary N) is 2. The van der Waals surface area contributed by atoms with Crippen LogP contribution in [0.3, 0.4) is 0 Å². The molecule has 2 N–H and O–H groups in total. The molecule has 0 saturated heterocycles. The van der Waals surface area contributed by atoms with Gasteiger partial charge in [-0.3, -0.25) is 13.8 Å². The van der Waals surface area contributed by atoms with E-state index in [-0.39, 0.29) is 10.5 Å². The number of allylic oxidation sites excluding steroid dienone is 2. The zero-order valence-corrected chi connectivity index (χ0v) is 20.2. The summed E-state index contributed by atoms with van der Waals surface area (Å²) in [6.45, 7) is 1.77. The van der Waals surface area contributed by atoms with Crippen LogP contribution in [0.25, 0.3) is 0 Å². The van der Waals surface area contributed by atoms with Gasteiger partial charge in [-0.05, 0) is 42.8 Å². The Kier molecular flexibility index (Phi) is 6.60. The Balaban J connectivity index is 1.72. The smallest absolute Gasteiger partial charge is 0.335 e. The maximum absolute atomic E-state index is 13.5. The van der Waals surface area contributed by atoms with E-state index in [4.69, 9.17) is 0 Å². The number of benzene rings is 2. The maximum atomic E-state index is 13.5. The van der Waals surface area contributed by atoms with Crippen LogP contribution in [0.2, 0.25) is 0 Å². The van der Waals surface area contributed by atoms with Crippen molar-refractivity contribution >= 4 is 33.8 Å². The molecule has 2 aromatic carbocycles. The van der Waals surface area contributed by atoms with Crippen LogP contribution >= 0.6 is 12.1 Å². The SMILES string of the molecule is C[C@H](c1ccccc1)N(C)C(=O)c1ccc(C(F)(F)F)cc1NS(=O)(=O)C1=CC=CN2SNC=C12. The zero-order valence-electron chi connectivity index (χ0n) is 18.6. The van der Waals surface area contributed by atoms with Gasteiger partial charge in [0.05, 0.1) is 40.7 Å². The van der Waals surface area contributed by atoms with Gasteiger partial charge >= 0.3 is 6.18 Å². The average molecular weight is 523 g/mol. The molecule has 2 heterocycles. The third-order valence-corrected chi connectivity index (χ3v) is 7.75. The van der Waals surface area contributed by atoms with Gasteiger partial charge in [-0.2, -0.15) is 13.2 Å². The van der Waals surface area contributed by atoms with Crippen LogP contribution in [0.15, 0.2) is 83.7 Å². The number of hydrogen-bond donors (Lipinski definition) is 2. The predicted octanol–water partition coefficient (Wildman–Crippen LogP) is 5.00. The Morgan fingerprint density at radius 2 is 1.89 bits per heavy atom. The van der Waals surface area contributed by atoms with E-state index in [9.17, 15) is 26.4 Å². The normalized spacial score (nSPS) is 16.1. The second kappa shape index (κ2) is 9.34. The number of sulfonamides is 1. The van der Waals surface area contributed by atoms with Crippen LogP contribution in [0, 0.1) is 0 Å². The van der Waals surface area contributed by atoms with Gasteiger partial charge in [0.2, 0.25) is 0 Å². The topological polar surface area (TPSA) is 81.8 Å². The second-order valence-electron chi connectivity index (χ2n) is 7.80. The number of anilines is 1. The first kappa shape index (κ1) is 24.7. The van der Waals surface area contributed by atoms with Crippen LogP contribution in [-0.4, -0.2) is 30.6 Å². The van der Waals surface area contributed by atoms with Crippen molar-refractivity contribution in [2.45, 2.75) is 19.1 Å². The molecule has 0 saturated carbocycles. The van der Waals surface area contributed by atoms with Crippen molar-refractivity contribution in [3.05, 3.63) is 100 Å². The third kappa shape index (κ3) is 5.03. The first-order valence-electron chi connectivity index (χ1n) is 10.4. The molecule has 0 bridgehead atoms. The van der Waals surface area contributed by atoms with Gasteiger partial charge in [0.25, 0.3) is 15.9 Å². The molecule has 2 aliphatic heterocycles.